The van der Waals surface area contributed by atoms with Crippen molar-refractivity contribution in [1.29, 1.82) is 0 Å². The third-order valence-corrected chi connectivity index (χ3v) is 5.53. The summed E-state index contributed by atoms with van der Waals surface area (Å²) in [5.41, 5.74) is 2.29. The normalized spacial score (nSPS) is 18.5. The Hall–Kier alpha value is -2.09. The topological polar surface area (TPSA) is 70.4 Å². The van der Waals surface area contributed by atoms with Crippen LogP contribution >= 0.6 is 11.3 Å². The van der Waals surface area contributed by atoms with Crippen molar-refractivity contribution in [3.05, 3.63) is 28.0 Å². The van der Waals surface area contributed by atoms with Gasteiger partial charge in [0, 0.05) is 44.3 Å². The molecule has 0 spiro atoms. The summed E-state index contributed by atoms with van der Waals surface area (Å²) in [7, 11) is 3.78. The Labute approximate surface area is 153 Å². The summed E-state index contributed by atoms with van der Waals surface area (Å²) in [6, 6.07) is 0.379. The van der Waals surface area contributed by atoms with Crippen molar-refractivity contribution in [2.45, 2.75) is 39.3 Å². The zero-order chi connectivity index (χ0) is 17.8. The van der Waals surface area contributed by atoms with Gasteiger partial charge < -0.3 is 15.5 Å². The summed E-state index contributed by atoms with van der Waals surface area (Å²) in [6.45, 7) is 6.91. The minimum absolute atomic E-state index is 0.379. The molecule has 2 N–H and O–H groups in total. The minimum Gasteiger partial charge on any atom is -0.367 e. The highest BCUT2D eigenvalue weighted by atomic mass is 32.1. The third-order valence-electron chi connectivity index (χ3n) is 4.46. The van der Waals surface area contributed by atoms with Crippen LogP contribution in [0.25, 0.3) is 0 Å². The number of nitrogens with one attached hydrogen (secondary N) is 2. The Morgan fingerprint density at radius 1 is 1.44 bits per heavy atom. The molecule has 1 atom stereocenters. The fourth-order valence-corrected chi connectivity index (χ4v) is 4.07. The fraction of sp³-hybridized carbons (Fsp3) is 0.588. The van der Waals surface area contributed by atoms with Crippen LogP contribution in [0.4, 0.5) is 5.69 Å². The quantitative estimate of drug-likeness (QED) is 0.642. The van der Waals surface area contributed by atoms with E-state index in [9.17, 15) is 0 Å². The van der Waals surface area contributed by atoms with E-state index in [-0.39, 0.29) is 0 Å². The molecule has 1 saturated heterocycles. The van der Waals surface area contributed by atoms with Crippen molar-refractivity contribution >= 4 is 23.0 Å². The summed E-state index contributed by atoms with van der Waals surface area (Å²) < 4.78 is 1.85. The van der Waals surface area contributed by atoms with E-state index in [2.05, 4.69) is 43.7 Å². The number of aliphatic imine (C=N–C) groups is 1. The molecular formula is C17H27N7S. The molecule has 0 aromatic carbocycles. The lowest BCUT2D eigenvalue weighted by molar-refractivity contribution is 0.468. The van der Waals surface area contributed by atoms with Gasteiger partial charge in [-0.05, 0) is 26.7 Å². The van der Waals surface area contributed by atoms with Crippen molar-refractivity contribution in [3.63, 3.8) is 0 Å². The van der Waals surface area contributed by atoms with Crippen LogP contribution in [0.2, 0.25) is 0 Å². The van der Waals surface area contributed by atoms with Crippen LogP contribution < -0.4 is 15.5 Å². The predicted octanol–water partition coefficient (Wildman–Crippen LogP) is 1.83. The van der Waals surface area contributed by atoms with E-state index < -0.39 is 0 Å². The number of hydrogen-bond donors (Lipinski definition) is 2. The average Bonchev–Trinajstić information content (AvgIpc) is 3.17. The van der Waals surface area contributed by atoms with Gasteiger partial charge in [0.15, 0.2) is 5.96 Å². The number of aromatic nitrogens is 3. The first-order valence-electron chi connectivity index (χ1n) is 8.69. The zero-order valence-electron chi connectivity index (χ0n) is 15.4. The number of thiazole rings is 1. The molecule has 3 rings (SSSR count). The molecule has 8 heteroatoms. The van der Waals surface area contributed by atoms with Gasteiger partial charge in [-0.1, -0.05) is 0 Å². The molecule has 136 valence electrons. The van der Waals surface area contributed by atoms with Gasteiger partial charge in [0.2, 0.25) is 0 Å². The SMILES string of the molecule is CN=C(NCc1sc(C)nc1C)NC1CCCN(c2cnn(C)c2)C1. The van der Waals surface area contributed by atoms with Gasteiger partial charge in [-0.2, -0.15) is 5.10 Å². The van der Waals surface area contributed by atoms with E-state index in [1.165, 1.54) is 10.6 Å². The molecule has 2 aromatic rings. The maximum absolute atomic E-state index is 4.48. The zero-order valence-corrected chi connectivity index (χ0v) is 16.2. The van der Waals surface area contributed by atoms with Crippen molar-refractivity contribution in [1.82, 2.24) is 25.4 Å². The van der Waals surface area contributed by atoms with Gasteiger partial charge in [0.1, 0.15) is 0 Å². The summed E-state index contributed by atoms with van der Waals surface area (Å²) in [5, 5.41) is 12.4. The highest BCUT2D eigenvalue weighted by Gasteiger charge is 2.21. The predicted molar refractivity (Wildman–Crippen MR) is 103 cm³/mol. The maximum Gasteiger partial charge on any atom is 0.191 e. The Morgan fingerprint density at radius 2 is 2.28 bits per heavy atom. The van der Waals surface area contributed by atoms with Crippen molar-refractivity contribution < 1.29 is 0 Å². The Kier molecular flexibility index (Phi) is 5.57. The number of nitrogens with zero attached hydrogens (tertiary/aromatic N) is 5. The first kappa shape index (κ1) is 17.7. The molecule has 0 aliphatic carbocycles. The molecule has 3 heterocycles. The maximum atomic E-state index is 4.48. The van der Waals surface area contributed by atoms with Crippen LogP contribution in [-0.2, 0) is 13.6 Å². The van der Waals surface area contributed by atoms with Crippen LogP contribution in [0, 0.1) is 13.8 Å². The van der Waals surface area contributed by atoms with Crippen LogP contribution in [0.5, 0.6) is 0 Å². The molecule has 0 radical (unpaired) electrons. The number of anilines is 1. The Bertz CT molecular complexity index is 733. The van der Waals surface area contributed by atoms with Gasteiger partial charge >= 0.3 is 0 Å². The highest BCUT2D eigenvalue weighted by Crippen LogP contribution is 2.19. The number of piperidine rings is 1. The van der Waals surface area contributed by atoms with Gasteiger partial charge in [-0.3, -0.25) is 9.67 Å². The Balaban J connectivity index is 1.55. The largest absolute Gasteiger partial charge is 0.367 e. The lowest BCUT2D eigenvalue weighted by atomic mass is 10.1. The molecule has 0 saturated carbocycles. The number of guanidine groups is 1. The number of rotatable bonds is 4. The minimum atomic E-state index is 0.379. The van der Waals surface area contributed by atoms with E-state index in [0.717, 1.165) is 49.1 Å². The smallest absolute Gasteiger partial charge is 0.191 e. The van der Waals surface area contributed by atoms with E-state index in [0.29, 0.717) is 6.04 Å². The Morgan fingerprint density at radius 3 is 2.92 bits per heavy atom. The second-order valence-corrected chi connectivity index (χ2v) is 7.76. The van der Waals surface area contributed by atoms with Crippen LogP contribution in [-0.4, -0.2) is 46.9 Å². The lowest BCUT2D eigenvalue weighted by Gasteiger charge is -2.34. The average molecular weight is 362 g/mol. The molecule has 2 aromatic heterocycles. The van der Waals surface area contributed by atoms with Crippen molar-refractivity contribution in [2.75, 3.05) is 25.0 Å². The molecule has 1 fully saturated rings. The fourth-order valence-electron chi connectivity index (χ4n) is 3.19. The molecule has 7 nitrogen and oxygen atoms in total. The van der Waals surface area contributed by atoms with Crippen LogP contribution in [0.1, 0.15) is 28.4 Å². The lowest BCUT2D eigenvalue weighted by Crippen LogP contribution is -2.51. The van der Waals surface area contributed by atoms with Crippen LogP contribution in [0.3, 0.4) is 0 Å². The summed E-state index contributed by atoms with van der Waals surface area (Å²) in [4.78, 5) is 12.5. The second kappa shape index (κ2) is 7.86. The molecule has 0 amide bonds. The summed E-state index contributed by atoms with van der Waals surface area (Å²) in [5.74, 6) is 0.850. The van der Waals surface area contributed by atoms with Crippen molar-refractivity contribution in [3.8, 4) is 0 Å². The number of aryl methyl sites for hydroxylation is 3. The third kappa shape index (κ3) is 4.50. The number of hydrogen-bond acceptors (Lipinski definition) is 5. The molecule has 1 aliphatic heterocycles. The molecule has 0 bridgehead atoms. The standard InChI is InChI=1S/C17H27N7S/c1-12-16(25-13(2)21-12)9-19-17(18-3)22-14-6-5-7-24(10-14)15-8-20-23(4)11-15/h8,11,14H,5-7,9-10H2,1-4H3,(H2,18,19,22). The van der Waals surface area contributed by atoms with E-state index in [1.807, 2.05) is 31.9 Å². The summed E-state index contributed by atoms with van der Waals surface area (Å²) in [6.07, 6.45) is 6.32. The molecule has 25 heavy (non-hydrogen) atoms. The summed E-state index contributed by atoms with van der Waals surface area (Å²) >= 11 is 1.74. The highest BCUT2D eigenvalue weighted by molar-refractivity contribution is 7.11. The first-order chi connectivity index (χ1) is 12.0. The monoisotopic (exact) mass is 361 g/mol. The molecule has 1 unspecified atom stereocenters. The van der Waals surface area contributed by atoms with Gasteiger partial charge in [0.05, 0.1) is 29.1 Å². The van der Waals surface area contributed by atoms with E-state index in [1.54, 1.807) is 11.3 Å². The van der Waals surface area contributed by atoms with Crippen LogP contribution in [0.15, 0.2) is 17.4 Å². The second-order valence-electron chi connectivity index (χ2n) is 6.47. The molecular weight excluding hydrogens is 334 g/mol. The van der Waals surface area contributed by atoms with E-state index in [4.69, 9.17) is 0 Å². The molecule has 1 aliphatic rings. The van der Waals surface area contributed by atoms with Crippen molar-refractivity contribution in [2.24, 2.45) is 12.0 Å². The first-order valence-corrected chi connectivity index (χ1v) is 9.50. The van der Waals surface area contributed by atoms with Gasteiger partial charge in [0.25, 0.3) is 0 Å². The van der Waals surface area contributed by atoms with Gasteiger partial charge in [-0.25, -0.2) is 4.98 Å². The van der Waals surface area contributed by atoms with Gasteiger partial charge in [-0.15, -0.1) is 11.3 Å². The van der Waals surface area contributed by atoms with E-state index >= 15 is 0 Å².